The lowest BCUT2D eigenvalue weighted by molar-refractivity contribution is -0.144. The molecule has 0 fully saturated rings. The maximum atomic E-state index is 12.7. The molecule has 0 aliphatic rings. The summed E-state index contributed by atoms with van der Waals surface area (Å²) in [5.41, 5.74) is -1.20. The number of phenols is 1. The van der Waals surface area contributed by atoms with E-state index in [1.54, 1.807) is 6.92 Å². The molecule has 3 nitrogen and oxygen atoms in total. The van der Waals surface area contributed by atoms with Crippen LogP contribution in [0.15, 0.2) is 18.2 Å². The van der Waals surface area contributed by atoms with E-state index < -0.39 is 23.5 Å². The van der Waals surface area contributed by atoms with Crippen LogP contribution in [-0.4, -0.2) is 17.7 Å². The maximum Gasteiger partial charge on any atom is 0.416 e. The molecule has 0 radical (unpaired) electrons. The lowest BCUT2D eigenvalue weighted by atomic mass is 10.0. The van der Waals surface area contributed by atoms with Gasteiger partial charge in [0, 0.05) is 12.0 Å². The Bertz CT molecular complexity index is 427. The fourth-order valence-corrected chi connectivity index (χ4v) is 1.56. The van der Waals surface area contributed by atoms with Gasteiger partial charge < -0.3 is 9.84 Å². The van der Waals surface area contributed by atoms with Crippen molar-refractivity contribution in [3.63, 3.8) is 0 Å². The molecule has 0 atom stereocenters. The van der Waals surface area contributed by atoms with E-state index in [1.165, 1.54) is 0 Å². The number of aromatic hydroxyl groups is 1. The third kappa shape index (κ3) is 3.65. The molecule has 0 amide bonds. The van der Waals surface area contributed by atoms with Crippen molar-refractivity contribution in [1.82, 2.24) is 0 Å². The first kappa shape index (κ1) is 14.3. The molecule has 0 aromatic heterocycles. The number of rotatable bonds is 4. The zero-order chi connectivity index (χ0) is 13.8. The highest BCUT2D eigenvalue weighted by Crippen LogP contribution is 2.36. The number of carbonyl (C=O) groups is 1. The molecule has 0 heterocycles. The topological polar surface area (TPSA) is 46.5 Å². The molecule has 0 saturated heterocycles. The van der Waals surface area contributed by atoms with Crippen molar-refractivity contribution in [3.05, 3.63) is 29.3 Å². The summed E-state index contributed by atoms with van der Waals surface area (Å²) in [4.78, 5) is 11.1. The molecule has 0 aliphatic heterocycles. The Balaban J connectivity index is 2.90. The fraction of sp³-hybridized carbons (Fsp3) is 0.417. The number of carbonyl (C=O) groups excluding carboxylic acids is 1. The number of esters is 1. The van der Waals surface area contributed by atoms with Crippen LogP contribution < -0.4 is 0 Å². The van der Waals surface area contributed by atoms with Gasteiger partial charge in [0.1, 0.15) is 5.75 Å². The van der Waals surface area contributed by atoms with Gasteiger partial charge in [0.25, 0.3) is 0 Å². The van der Waals surface area contributed by atoms with E-state index in [2.05, 4.69) is 4.74 Å². The lowest BCUT2D eigenvalue weighted by Crippen LogP contribution is -2.11. The van der Waals surface area contributed by atoms with E-state index in [0.29, 0.717) is 0 Å². The Morgan fingerprint density at radius 1 is 1.39 bits per heavy atom. The van der Waals surface area contributed by atoms with Gasteiger partial charge in [-0.3, -0.25) is 4.79 Å². The zero-order valence-electron chi connectivity index (χ0n) is 9.75. The smallest absolute Gasteiger partial charge is 0.416 e. The summed E-state index contributed by atoms with van der Waals surface area (Å²) >= 11 is 0. The highest BCUT2D eigenvalue weighted by molar-refractivity contribution is 5.70. The standard InChI is InChI=1S/C12H13F3O3/c1-2-18-11(17)7-6-8-9(12(13,14)15)4-3-5-10(8)16/h3-5,16H,2,6-7H2,1H3. The number of hydrogen-bond acceptors (Lipinski definition) is 3. The summed E-state index contributed by atoms with van der Waals surface area (Å²) < 4.78 is 42.6. The average Bonchev–Trinajstić information content (AvgIpc) is 2.26. The van der Waals surface area contributed by atoms with E-state index in [-0.39, 0.29) is 25.0 Å². The van der Waals surface area contributed by atoms with Crippen molar-refractivity contribution in [2.75, 3.05) is 6.61 Å². The minimum atomic E-state index is -4.55. The van der Waals surface area contributed by atoms with Crippen molar-refractivity contribution in [1.29, 1.82) is 0 Å². The van der Waals surface area contributed by atoms with E-state index in [0.717, 1.165) is 18.2 Å². The molecule has 1 aromatic rings. The van der Waals surface area contributed by atoms with Crippen LogP contribution >= 0.6 is 0 Å². The molecule has 1 N–H and O–H groups in total. The first-order valence-corrected chi connectivity index (χ1v) is 5.40. The normalized spacial score (nSPS) is 11.3. The van der Waals surface area contributed by atoms with E-state index in [9.17, 15) is 23.1 Å². The quantitative estimate of drug-likeness (QED) is 0.849. The van der Waals surface area contributed by atoms with Crippen molar-refractivity contribution >= 4 is 5.97 Å². The second kappa shape index (κ2) is 5.75. The Labute approximate surface area is 102 Å². The number of alkyl halides is 3. The van der Waals surface area contributed by atoms with E-state index >= 15 is 0 Å². The summed E-state index contributed by atoms with van der Waals surface area (Å²) in [5.74, 6) is -1.05. The largest absolute Gasteiger partial charge is 0.508 e. The number of phenolic OH excluding ortho intramolecular Hbond substituents is 1. The van der Waals surface area contributed by atoms with Gasteiger partial charge in [-0.25, -0.2) is 0 Å². The molecule has 0 bridgehead atoms. The third-order valence-corrected chi connectivity index (χ3v) is 2.34. The van der Waals surface area contributed by atoms with Crippen LogP contribution in [0, 0.1) is 0 Å². The predicted octanol–water partition coefficient (Wildman–Crippen LogP) is 2.91. The van der Waals surface area contributed by atoms with Gasteiger partial charge in [0.15, 0.2) is 0 Å². The number of ether oxygens (including phenoxy) is 1. The second-order valence-electron chi connectivity index (χ2n) is 3.61. The summed E-state index contributed by atoms with van der Waals surface area (Å²) in [7, 11) is 0. The molecule has 0 saturated carbocycles. The molecular formula is C12H13F3O3. The monoisotopic (exact) mass is 262 g/mol. The van der Waals surface area contributed by atoms with Crippen LogP contribution in [0.3, 0.4) is 0 Å². The van der Waals surface area contributed by atoms with Crippen LogP contribution in [0.4, 0.5) is 13.2 Å². The van der Waals surface area contributed by atoms with Gasteiger partial charge in [-0.2, -0.15) is 13.2 Å². The SMILES string of the molecule is CCOC(=O)CCc1c(O)cccc1C(F)(F)F. The molecule has 6 heteroatoms. The first-order valence-electron chi connectivity index (χ1n) is 5.40. The van der Waals surface area contributed by atoms with Gasteiger partial charge in [-0.05, 0) is 25.5 Å². The van der Waals surface area contributed by atoms with Gasteiger partial charge >= 0.3 is 12.1 Å². The van der Waals surface area contributed by atoms with Crippen molar-refractivity contribution in [2.24, 2.45) is 0 Å². The van der Waals surface area contributed by atoms with Crippen molar-refractivity contribution < 1.29 is 27.8 Å². The van der Waals surface area contributed by atoms with E-state index in [1.807, 2.05) is 0 Å². The molecule has 1 aromatic carbocycles. The molecule has 0 aliphatic carbocycles. The first-order chi connectivity index (χ1) is 8.36. The molecule has 18 heavy (non-hydrogen) atoms. The van der Waals surface area contributed by atoms with Crippen LogP contribution in [0.5, 0.6) is 5.75 Å². The molecule has 100 valence electrons. The Kier molecular flexibility index (Phi) is 4.58. The highest BCUT2D eigenvalue weighted by Gasteiger charge is 2.34. The van der Waals surface area contributed by atoms with Crippen LogP contribution in [-0.2, 0) is 22.1 Å². The number of benzene rings is 1. The van der Waals surface area contributed by atoms with Crippen LogP contribution in [0.25, 0.3) is 0 Å². The Hall–Kier alpha value is -1.72. The Morgan fingerprint density at radius 2 is 2.06 bits per heavy atom. The second-order valence-corrected chi connectivity index (χ2v) is 3.61. The highest BCUT2D eigenvalue weighted by atomic mass is 19.4. The predicted molar refractivity (Wildman–Crippen MR) is 58.1 cm³/mol. The summed E-state index contributed by atoms with van der Waals surface area (Å²) in [6, 6.07) is 3.15. The van der Waals surface area contributed by atoms with Crippen LogP contribution in [0.2, 0.25) is 0 Å². The minimum absolute atomic E-state index is 0.172. The number of hydrogen-bond donors (Lipinski definition) is 1. The van der Waals surface area contributed by atoms with Gasteiger partial charge in [0.2, 0.25) is 0 Å². The summed E-state index contributed by atoms with van der Waals surface area (Å²) in [6.07, 6.45) is -4.96. The summed E-state index contributed by atoms with van der Waals surface area (Å²) in [6.45, 7) is 1.78. The van der Waals surface area contributed by atoms with E-state index in [4.69, 9.17) is 0 Å². The maximum absolute atomic E-state index is 12.7. The zero-order valence-corrected chi connectivity index (χ0v) is 9.75. The average molecular weight is 262 g/mol. The fourth-order valence-electron chi connectivity index (χ4n) is 1.56. The van der Waals surface area contributed by atoms with Gasteiger partial charge in [-0.15, -0.1) is 0 Å². The van der Waals surface area contributed by atoms with Gasteiger partial charge in [0.05, 0.1) is 12.2 Å². The number of halogens is 3. The Morgan fingerprint density at radius 3 is 2.61 bits per heavy atom. The van der Waals surface area contributed by atoms with Crippen LogP contribution in [0.1, 0.15) is 24.5 Å². The van der Waals surface area contributed by atoms with Gasteiger partial charge in [-0.1, -0.05) is 6.07 Å². The van der Waals surface area contributed by atoms with Crippen molar-refractivity contribution in [3.8, 4) is 5.75 Å². The third-order valence-electron chi connectivity index (χ3n) is 2.34. The molecule has 1 rings (SSSR count). The summed E-state index contributed by atoms with van der Waals surface area (Å²) in [5, 5.41) is 9.45. The molecule has 0 spiro atoms. The lowest BCUT2D eigenvalue weighted by Gasteiger charge is -2.13. The molecular weight excluding hydrogens is 249 g/mol. The molecule has 0 unspecified atom stereocenters. The minimum Gasteiger partial charge on any atom is -0.508 e. The van der Waals surface area contributed by atoms with Crippen molar-refractivity contribution in [2.45, 2.75) is 25.9 Å².